The number of nitrogens with one attached hydrogen (secondary N) is 2. The van der Waals surface area contributed by atoms with Gasteiger partial charge in [0.15, 0.2) is 6.04 Å². The number of amides is 1. The van der Waals surface area contributed by atoms with Crippen molar-refractivity contribution in [1.82, 2.24) is 5.32 Å². The molecule has 9 heteroatoms. The smallest absolute Gasteiger partial charge is 0.408 e. The zero-order valence-electron chi connectivity index (χ0n) is 22.1. The van der Waals surface area contributed by atoms with Gasteiger partial charge in [-0.15, -0.1) is 22.9 Å². The Bertz CT molecular complexity index is 869. The molecule has 0 radical (unpaired) electrons. The molecule has 0 aromatic carbocycles. The number of piperidine rings is 1. The first-order valence-corrected chi connectivity index (χ1v) is 14.1. The second-order valence-corrected chi connectivity index (χ2v) is 10.8. The van der Waals surface area contributed by atoms with E-state index < -0.39 is 23.7 Å². The average Bonchev–Trinajstić information content (AvgIpc) is 3.38. The van der Waals surface area contributed by atoms with Gasteiger partial charge in [0.1, 0.15) is 12.1 Å². The third-order valence-corrected chi connectivity index (χ3v) is 6.79. The second-order valence-electron chi connectivity index (χ2n) is 9.77. The van der Waals surface area contributed by atoms with E-state index in [0.29, 0.717) is 17.2 Å². The number of rotatable bonds is 7. The highest BCUT2D eigenvalue weighted by atomic mass is 35.5. The number of quaternary nitrogens is 1. The van der Waals surface area contributed by atoms with Crippen LogP contribution in [0.25, 0.3) is 0 Å². The lowest BCUT2D eigenvalue weighted by Gasteiger charge is -2.28. The van der Waals surface area contributed by atoms with Gasteiger partial charge in [-0.3, -0.25) is 4.79 Å². The number of carbonyl (C=O) groups excluding carboxylic acids is 2. The molecule has 1 atom stereocenters. The Balaban J connectivity index is 0.000000337. The lowest BCUT2D eigenvalue weighted by Crippen LogP contribution is -3.14. The van der Waals surface area contributed by atoms with Gasteiger partial charge in [-0.2, -0.15) is 0 Å². The number of alkyl halides is 1. The Morgan fingerprint density at radius 2 is 1.89 bits per heavy atom. The highest BCUT2D eigenvalue weighted by molar-refractivity contribution is 7.10. The monoisotopic (exact) mass is 541 g/mol. The third-order valence-electron chi connectivity index (χ3n) is 5.85. The van der Waals surface area contributed by atoms with Crippen molar-refractivity contribution in [2.75, 3.05) is 26.0 Å². The number of carboxylic acids is 1. The maximum absolute atomic E-state index is 12.1. The van der Waals surface area contributed by atoms with Crippen molar-refractivity contribution >= 4 is 40.8 Å². The summed E-state index contributed by atoms with van der Waals surface area (Å²) in [6.45, 7) is 10.5. The largest absolute Gasteiger partial charge is 0.479 e. The maximum atomic E-state index is 12.1. The third kappa shape index (κ3) is 12.2. The summed E-state index contributed by atoms with van der Waals surface area (Å²) in [5.74, 6) is 0.131. The van der Waals surface area contributed by atoms with Gasteiger partial charge in [-0.05, 0) is 63.8 Å². The lowest BCUT2D eigenvalue weighted by atomic mass is 9.94. The second kappa shape index (κ2) is 16.6. The number of allylic oxidation sites excluding steroid dienone is 3. The fourth-order valence-electron chi connectivity index (χ4n) is 3.96. The van der Waals surface area contributed by atoms with Crippen molar-refractivity contribution in [1.29, 1.82) is 0 Å². The summed E-state index contributed by atoms with van der Waals surface area (Å²) < 4.78 is 5.01. The molecule has 1 aromatic rings. The summed E-state index contributed by atoms with van der Waals surface area (Å²) in [5.41, 5.74) is 0.295. The number of ketones is 1. The molecular weight excluding hydrogens is 500 g/mol. The van der Waals surface area contributed by atoms with Crippen LogP contribution in [0.4, 0.5) is 4.79 Å². The van der Waals surface area contributed by atoms with E-state index in [1.807, 2.05) is 6.08 Å². The van der Waals surface area contributed by atoms with E-state index in [-0.39, 0.29) is 0 Å². The van der Waals surface area contributed by atoms with Gasteiger partial charge in [0.25, 0.3) is 0 Å². The van der Waals surface area contributed by atoms with Gasteiger partial charge < -0.3 is 20.1 Å². The summed E-state index contributed by atoms with van der Waals surface area (Å²) >= 11 is 5.91. The van der Waals surface area contributed by atoms with Gasteiger partial charge in [-0.1, -0.05) is 37.6 Å². The molecule has 0 saturated carbocycles. The Kier molecular flexibility index (Phi) is 14.7. The standard InChI is InChI=1S/C15H23NO.C11H15NO4S.CH3Cl/c1-2-13-8-10-16(11-9-13)12-15(17)14-6-4-3-5-7-14;1-11(2,3)16-10(15)12-8(9(13)14)7-5-4-6-17-7;1-2/h4,6-7,13H,2-3,5,8-12H2,1H3;4-6,8H,1-3H3,(H,12,15)(H,13,14);1H3/p+1. The van der Waals surface area contributed by atoms with Crippen LogP contribution in [-0.2, 0) is 14.3 Å². The molecule has 3 N–H and O–H groups in total. The van der Waals surface area contributed by atoms with E-state index in [0.717, 1.165) is 24.3 Å². The minimum atomic E-state index is -1.11. The van der Waals surface area contributed by atoms with Crippen LogP contribution in [0.15, 0.2) is 41.3 Å². The van der Waals surface area contributed by atoms with Crippen LogP contribution in [0, 0.1) is 5.92 Å². The van der Waals surface area contributed by atoms with E-state index >= 15 is 0 Å². The van der Waals surface area contributed by atoms with E-state index in [1.54, 1.807) is 38.3 Å². The molecule has 2 heterocycles. The Morgan fingerprint density at radius 3 is 2.36 bits per heavy atom. The molecule has 1 aromatic heterocycles. The van der Waals surface area contributed by atoms with Gasteiger partial charge in [-0.25, -0.2) is 9.59 Å². The number of carboxylic acid groups (broad SMARTS) is 1. The number of alkyl carbamates (subject to hydrolysis) is 1. The van der Waals surface area contributed by atoms with E-state index in [2.05, 4.69) is 36.0 Å². The van der Waals surface area contributed by atoms with Crippen LogP contribution in [0.1, 0.15) is 70.7 Å². The quantitative estimate of drug-likeness (QED) is 0.431. The number of thiophene rings is 1. The summed E-state index contributed by atoms with van der Waals surface area (Å²) in [6.07, 6.45) is 13.0. The van der Waals surface area contributed by atoms with Crippen molar-refractivity contribution in [3.05, 3.63) is 46.2 Å². The fourth-order valence-corrected chi connectivity index (χ4v) is 4.72. The van der Waals surface area contributed by atoms with Crippen molar-refractivity contribution in [2.24, 2.45) is 5.92 Å². The van der Waals surface area contributed by atoms with Crippen LogP contribution in [-0.4, -0.2) is 54.6 Å². The van der Waals surface area contributed by atoms with Gasteiger partial charge in [0, 0.05) is 16.8 Å². The number of likely N-dealkylation sites (tertiary alicyclic amines) is 1. The minimum Gasteiger partial charge on any atom is -0.479 e. The number of aliphatic carboxylic acids is 1. The number of hydrogen-bond acceptors (Lipinski definition) is 5. The molecule has 0 bridgehead atoms. The summed E-state index contributed by atoms with van der Waals surface area (Å²) in [5, 5.41) is 13.1. The van der Waals surface area contributed by atoms with E-state index in [1.165, 1.54) is 55.0 Å². The normalized spacial score (nSPS) is 19.9. The van der Waals surface area contributed by atoms with Gasteiger partial charge in [0.2, 0.25) is 5.78 Å². The number of Topliss-reactive ketones (excluding diaryl/α,β-unsaturated/α-hetero) is 1. The molecule has 2 aliphatic rings. The zero-order valence-corrected chi connectivity index (χ0v) is 23.7. The first-order chi connectivity index (χ1) is 17.1. The number of hydrogen-bond donors (Lipinski definition) is 3. The zero-order chi connectivity index (χ0) is 27.1. The van der Waals surface area contributed by atoms with E-state index in [4.69, 9.17) is 9.84 Å². The molecule has 1 aliphatic heterocycles. The van der Waals surface area contributed by atoms with Crippen LogP contribution in [0.3, 0.4) is 0 Å². The molecule has 202 valence electrons. The number of ether oxygens (including phenoxy) is 1. The molecule has 1 aliphatic carbocycles. The first-order valence-electron chi connectivity index (χ1n) is 12.5. The van der Waals surface area contributed by atoms with Crippen LogP contribution >= 0.6 is 22.9 Å². The molecular formula is C27H42ClN2O5S+. The maximum Gasteiger partial charge on any atom is 0.408 e. The Labute approximate surface area is 224 Å². The molecule has 1 amide bonds. The predicted octanol–water partition coefficient (Wildman–Crippen LogP) is 4.79. The van der Waals surface area contributed by atoms with Crippen LogP contribution < -0.4 is 10.2 Å². The number of halogens is 1. The van der Waals surface area contributed by atoms with Crippen molar-refractivity contribution in [2.45, 2.75) is 71.4 Å². The predicted molar refractivity (Wildman–Crippen MR) is 146 cm³/mol. The highest BCUT2D eigenvalue weighted by Gasteiger charge is 2.26. The molecule has 1 unspecified atom stereocenters. The highest BCUT2D eigenvalue weighted by Crippen LogP contribution is 2.20. The topological polar surface area (TPSA) is 97.1 Å². The van der Waals surface area contributed by atoms with Crippen molar-refractivity contribution in [3.8, 4) is 0 Å². The number of carbonyl (C=O) groups is 3. The van der Waals surface area contributed by atoms with Gasteiger partial charge >= 0.3 is 12.1 Å². The van der Waals surface area contributed by atoms with Crippen LogP contribution in [0.5, 0.6) is 0 Å². The van der Waals surface area contributed by atoms with Crippen molar-refractivity contribution < 1.29 is 29.1 Å². The molecule has 0 spiro atoms. The average molecular weight is 542 g/mol. The van der Waals surface area contributed by atoms with Gasteiger partial charge in [0.05, 0.1) is 13.1 Å². The van der Waals surface area contributed by atoms with Crippen LogP contribution in [0.2, 0.25) is 0 Å². The summed E-state index contributed by atoms with van der Waals surface area (Å²) in [7, 11) is 0. The summed E-state index contributed by atoms with van der Waals surface area (Å²) in [6, 6.07) is 2.32. The van der Waals surface area contributed by atoms with Crippen molar-refractivity contribution in [3.63, 3.8) is 0 Å². The molecule has 1 fully saturated rings. The van der Waals surface area contributed by atoms with E-state index in [9.17, 15) is 14.4 Å². The summed E-state index contributed by atoms with van der Waals surface area (Å²) in [4.78, 5) is 36.6. The Hall–Kier alpha value is -2.16. The minimum absolute atomic E-state index is 0.339. The SMILES string of the molecule is CC(C)(C)OC(=O)NC(C(=O)O)c1cccs1.CCC1CC[NH+](CC(=O)C2=CCCC=C2)CC1.CCl. The Morgan fingerprint density at radius 1 is 1.22 bits per heavy atom. The first kappa shape index (κ1) is 31.9. The molecule has 1 saturated heterocycles. The lowest BCUT2D eigenvalue weighted by molar-refractivity contribution is -0.898. The molecule has 7 nitrogen and oxygen atoms in total. The molecule has 3 rings (SSSR count). The fraction of sp³-hybridized carbons (Fsp3) is 0.593. The molecule has 36 heavy (non-hydrogen) atoms.